The van der Waals surface area contributed by atoms with E-state index >= 15 is 0 Å². The van der Waals surface area contributed by atoms with E-state index in [1.807, 2.05) is 31.2 Å². The number of aromatic carboxylic acids is 1. The summed E-state index contributed by atoms with van der Waals surface area (Å²) in [6, 6.07) is 13.6. The Bertz CT molecular complexity index is 830. The number of carbonyl (C=O) groups is 3. The summed E-state index contributed by atoms with van der Waals surface area (Å²) in [6.45, 7) is 2.28. The lowest BCUT2D eigenvalue weighted by Gasteiger charge is -2.17. The highest BCUT2D eigenvalue weighted by Gasteiger charge is 2.35. The molecular weight excluding hydrogens is 320 g/mol. The molecule has 0 spiro atoms. The third-order valence-corrected chi connectivity index (χ3v) is 4.22. The Morgan fingerprint density at radius 3 is 2.56 bits per heavy atom. The van der Waals surface area contributed by atoms with E-state index in [1.54, 1.807) is 17.0 Å². The molecule has 0 aromatic heterocycles. The van der Waals surface area contributed by atoms with Crippen LogP contribution in [0.4, 0.5) is 11.4 Å². The zero-order valence-electron chi connectivity index (χ0n) is 13.7. The molecule has 2 amide bonds. The second-order valence-corrected chi connectivity index (χ2v) is 6.12. The quantitative estimate of drug-likeness (QED) is 0.897. The summed E-state index contributed by atoms with van der Waals surface area (Å²) >= 11 is 0. The van der Waals surface area contributed by atoms with E-state index in [1.165, 1.54) is 12.1 Å². The molecule has 25 heavy (non-hydrogen) atoms. The van der Waals surface area contributed by atoms with Crippen molar-refractivity contribution in [2.45, 2.75) is 13.3 Å². The number of aryl methyl sites for hydroxylation is 1. The lowest BCUT2D eigenvalue weighted by molar-refractivity contribution is -0.122. The monoisotopic (exact) mass is 338 g/mol. The largest absolute Gasteiger partial charge is 0.478 e. The Kier molecular flexibility index (Phi) is 4.52. The van der Waals surface area contributed by atoms with Crippen LogP contribution >= 0.6 is 0 Å². The minimum Gasteiger partial charge on any atom is -0.478 e. The summed E-state index contributed by atoms with van der Waals surface area (Å²) in [7, 11) is 0. The first-order valence-corrected chi connectivity index (χ1v) is 7.95. The number of rotatable bonds is 4. The van der Waals surface area contributed by atoms with E-state index in [0.29, 0.717) is 12.2 Å². The highest BCUT2D eigenvalue weighted by Crippen LogP contribution is 2.26. The van der Waals surface area contributed by atoms with Crippen LogP contribution < -0.4 is 10.2 Å². The predicted molar refractivity (Wildman–Crippen MR) is 93.7 cm³/mol. The minimum atomic E-state index is -1.06. The Balaban J connectivity index is 1.69. The van der Waals surface area contributed by atoms with Crippen molar-refractivity contribution < 1.29 is 19.5 Å². The van der Waals surface area contributed by atoms with Gasteiger partial charge in [0.15, 0.2) is 0 Å². The van der Waals surface area contributed by atoms with Crippen molar-refractivity contribution >= 4 is 29.2 Å². The van der Waals surface area contributed by atoms with Crippen molar-refractivity contribution in [3.05, 3.63) is 59.7 Å². The SMILES string of the molecule is Cc1ccc(N2CC(C(=O)Nc3cccc(C(=O)O)c3)CC2=O)cc1. The van der Waals surface area contributed by atoms with Gasteiger partial charge >= 0.3 is 5.97 Å². The Hall–Kier alpha value is -3.15. The normalized spacial score (nSPS) is 16.8. The van der Waals surface area contributed by atoms with Gasteiger partial charge in [0.25, 0.3) is 0 Å². The number of anilines is 2. The summed E-state index contributed by atoms with van der Waals surface area (Å²) in [4.78, 5) is 37.3. The van der Waals surface area contributed by atoms with Crippen LogP contribution in [0.15, 0.2) is 48.5 Å². The van der Waals surface area contributed by atoms with E-state index in [2.05, 4.69) is 5.32 Å². The van der Waals surface area contributed by atoms with Gasteiger partial charge < -0.3 is 15.3 Å². The molecule has 1 fully saturated rings. The van der Waals surface area contributed by atoms with Crippen LogP contribution in [0.3, 0.4) is 0 Å². The van der Waals surface area contributed by atoms with Gasteiger partial charge in [0.1, 0.15) is 0 Å². The Labute approximate surface area is 145 Å². The summed E-state index contributed by atoms with van der Waals surface area (Å²) in [5.41, 5.74) is 2.38. The number of amides is 2. The minimum absolute atomic E-state index is 0.0942. The van der Waals surface area contributed by atoms with Crippen molar-refractivity contribution in [2.75, 3.05) is 16.8 Å². The van der Waals surface area contributed by atoms with E-state index in [0.717, 1.165) is 11.3 Å². The fourth-order valence-corrected chi connectivity index (χ4v) is 2.83. The van der Waals surface area contributed by atoms with Crippen molar-refractivity contribution in [1.82, 2.24) is 0 Å². The van der Waals surface area contributed by atoms with E-state index < -0.39 is 11.9 Å². The highest BCUT2D eigenvalue weighted by molar-refractivity contribution is 6.03. The maximum atomic E-state index is 12.4. The Morgan fingerprint density at radius 2 is 1.88 bits per heavy atom. The van der Waals surface area contributed by atoms with Gasteiger partial charge in [-0.1, -0.05) is 23.8 Å². The van der Waals surface area contributed by atoms with Crippen LogP contribution in [0.1, 0.15) is 22.3 Å². The maximum absolute atomic E-state index is 12.4. The summed E-state index contributed by atoms with van der Waals surface area (Å²) in [6.07, 6.45) is 0.137. The van der Waals surface area contributed by atoms with Crippen LogP contribution in [0, 0.1) is 12.8 Å². The van der Waals surface area contributed by atoms with Gasteiger partial charge in [-0.2, -0.15) is 0 Å². The molecule has 3 rings (SSSR count). The van der Waals surface area contributed by atoms with Gasteiger partial charge in [0.05, 0.1) is 11.5 Å². The second kappa shape index (κ2) is 6.76. The molecule has 0 bridgehead atoms. The van der Waals surface area contributed by atoms with Gasteiger partial charge in [-0.05, 0) is 37.3 Å². The highest BCUT2D eigenvalue weighted by atomic mass is 16.4. The number of carboxylic acid groups (broad SMARTS) is 1. The van der Waals surface area contributed by atoms with E-state index in [9.17, 15) is 14.4 Å². The molecule has 2 aromatic rings. The van der Waals surface area contributed by atoms with Crippen LogP contribution in [0.2, 0.25) is 0 Å². The van der Waals surface area contributed by atoms with Crippen LogP contribution in [-0.4, -0.2) is 29.4 Å². The number of nitrogens with one attached hydrogen (secondary N) is 1. The molecule has 1 aliphatic heterocycles. The molecule has 0 saturated carbocycles. The number of benzene rings is 2. The third-order valence-electron chi connectivity index (χ3n) is 4.22. The fourth-order valence-electron chi connectivity index (χ4n) is 2.83. The van der Waals surface area contributed by atoms with Crippen molar-refractivity contribution in [2.24, 2.45) is 5.92 Å². The standard InChI is InChI=1S/C19H18N2O4/c1-12-5-7-16(8-6-12)21-11-14(10-17(21)22)18(23)20-15-4-2-3-13(9-15)19(24)25/h2-9,14H,10-11H2,1H3,(H,20,23)(H,24,25). The number of hydrogen-bond donors (Lipinski definition) is 2. The predicted octanol–water partition coefficient (Wildman–Crippen LogP) is 2.68. The first kappa shape index (κ1) is 16.7. The number of hydrogen-bond acceptors (Lipinski definition) is 3. The third kappa shape index (κ3) is 3.68. The number of nitrogens with zero attached hydrogens (tertiary/aromatic N) is 1. The molecule has 0 aliphatic carbocycles. The molecule has 6 nitrogen and oxygen atoms in total. The van der Waals surface area contributed by atoms with Gasteiger partial charge in [0, 0.05) is 24.3 Å². The van der Waals surface area contributed by atoms with Gasteiger partial charge in [-0.25, -0.2) is 4.79 Å². The lowest BCUT2D eigenvalue weighted by atomic mass is 10.1. The zero-order valence-corrected chi connectivity index (χ0v) is 13.7. The molecule has 1 unspecified atom stereocenters. The van der Waals surface area contributed by atoms with Crippen molar-refractivity contribution in [1.29, 1.82) is 0 Å². The van der Waals surface area contributed by atoms with E-state index in [-0.39, 0.29) is 23.8 Å². The molecule has 0 radical (unpaired) electrons. The molecular formula is C19H18N2O4. The Morgan fingerprint density at radius 1 is 1.16 bits per heavy atom. The summed E-state index contributed by atoms with van der Waals surface area (Å²) in [5, 5.41) is 11.7. The van der Waals surface area contributed by atoms with Crippen LogP contribution in [-0.2, 0) is 9.59 Å². The molecule has 128 valence electrons. The van der Waals surface area contributed by atoms with E-state index in [4.69, 9.17) is 5.11 Å². The average Bonchev–Trinajstić information content (AvgIpc) is 2.98. The van der Waals surface area contributed by atoms with Gasteiger partial charge in [-0.3, -0.25) is 9.59 Å². The molecule has 2 N–H and O–H groups in total. The van der Waals surface area contributed by atoms with Crippen molar-refractivity contribution in [3.8, 4) is 0 Å². The number of carbonyl (C=O) groups excluding carboxylic acids is 2. The average molecular weight is 338 g/mol. The fraction of sp³-hybridized carbons (Fsp3) is 0.211. The smallest absolute Gasteiger partial charge is 0.335 e. The van der Waals surface area contributed by atoms with Gasteiger partial charge in [0.2, 0.25) is 11.8 Å². The number of carboxylic acids is 1. The molecule has 2 aromatic carbocycles. The summed E-state index contributed by atoms with van der Waals surface area (Å²) < 4.78 is 0. The topological polar surface area (TPSA) is 86.7 Å². The van der Waals surface area contributed by atoms with Crippen LogP contribution in [0.5, 0.6) is 0 Å². The molecule has 1 saturated heterocycles. The first-order chi connectivity index (χ1) is 11.9. The molecule has 6 heteroatoms. The summed E-state index contributed by atoms with van der Waals surface area (Å²) in [5.74, 6) is -1.91. The van der Waals surface area contributed by atoms with Crippen molar-refractivity contribution in [3.63, 3.8) is 0 Å². The first-order valence-electron chi connectivity index (χ1n) is 7.95. The molecule has 1 atom stereocenters. The lowest BCUT2D eigenvalue weighted by Crippen LogP contribution is -2.28. The van der Waals surface area contributed by atoms with Gasteiger partial charge in [-0.15, -0.1) is 0 Å². The van der Waals surface area contributed by atoms with Crippen LogP contribution in [0.25, 0.3) is 0 Å². The molecule has 1 heterocycles. The zero-order chi connectivity index (χ0) is 18.0. The molecule has 1 aliphatic rings. The second-order valence-electron chi connectivity index (χ2n) is 6.12. The maximum Gasteiger partial charge on any atom is 0.335 e.